The van der Waals surface area contributed by atoms with Gasteiger partial charge in [0.25, 0.3) is 5.91 Å². The Balaban J connectivity index is 1.87. The SMILES string of the molecule is CCc1nc2ccc(C(=O)Nc3cccc(COC)c3)cc2nc1CC. The summed E-state index contributed by atoms with van der Waals surface area (Å²) in [4.78, 5) is 22.0. The molecule has 2 aromatic carbocycles. The molecular weight excluding hydrogens is 326 g/mol. The molecule has 1 aromatic heterocycles. The van der Waals surface area contributed by atoms with Crippen LogP contribution in [0.5, 0.6) is 0 Å². The van der Waals surface area contributed by atoms with Crippen molar-refractivity contribution in [2.24, 2.45) is 0 Å². The van der Waals surface area contributed by atoms with Gasteiger partial charge in [0, 0.05) is 18.4 Å². The fourth-order valence-corrected chi connectivity index (χ4v) is 2.94. The number of anilines is 1. The summed E-state index contributed by atoms with van der Waals surface area (Å²) >= 11 is 0. The van der Waals surface area contributed by atoms with Crippen LogP contribution >= 0.6 is 0 Å². The Morgan fingerprint density at radius 2 is 1.73 bits per heavy atom. The van der Waals surface area contributed by atoms with Crippen LogP contribution in [-0.4, -0.2) is 23.0 Å². The molecule has 0 aliphatic heterocycles. The number of fused-ring (bicyclic) bond motifs is 1. The molecule has 0 unspecified atom stereocenters. The Labute approximate surface area is 153 Å². The molecule has 0 bridgehead atoms. The van der Waals surface area contributed by atoms with Crippen LogP contribution in [-0.2, 0) is 24.2 Å². The molecule has 0 saturated heterocycles. The number of carbonyl (C=O) groups is 1. The molecule has 26 heavy (non-hydrogen) atoms. The zero-order valence-electron chi connectivity index (χ0n) is 15.4. The van der Waals surface area contributed by atoms with E-state index in [4.69, 9.17) is 9.72 Å². The summed E-state index contributed by atoms with van der Waals surface area (Å²) in [5.74, 6) is -0.166. The van der Waals surface area contributed by atoms with Crippen molar-refractivity contribution >= 4 is 22.6 Å². The Hall–Kier alpha value is -2.79. The van der Waals surface area contributed by atoms with E-state index in [1.165, 1.54) is 0 Å². The largest absolute Gasteiger partial charge is 0.380 e. The quantitative estimate of drug-likeness (QED) is 0.726. The predicted octanol–water partition coefficient (Wildman–Crippen LogP) is 4.15. The second-order valence-corrected chi connectivity index (χ2v) is 6.12. The molecule has 3 aromatic rings. The van der Waals surface area contributed by atoms with Gasteiger partial charge in [-0.15, -0.1) is 0 Å². The number of benzene rings is 2. The molecule has 1 amide bonds. The van der Waals surface area contributed by atoms with E-state index >= 15 is 0 Å². The fraction of sp³-hybridized carbons (Fsp3) is 0.286. The number of carbonyl (C=O) groups excluding carboxylic acids is 1. The Morgan fingerprint density at radius 1 is 1.00 bits per heavy atom. The second-order valence-electron chi connectivity index (χ2n) is 6.12. The molecule has 0 radical (unpaired) electrons. The molecule has 0 saturated carbocycles. The lowest BCUT2D eigenvalue weighted by molar-refractivity contribution is 0.102. The summed E-state index contributed by atoms with van der Waals surface area (Å²) in [6.07, 6.45) is 1.68. The highest BCUT2D eigenvalue weighted by Gasteiger charge is 2.11. The maximum absolute atomic E-state index is 12.6. The van der Waals surface area contributed by atoms with Gasteiger partial charge in [0.05, 0.1) is 29.0 Å². The topological polar surface area (TPSA) is 64.1 Å². The highest BCUT2D eigenvalue weighted by molar-refractivity contribution is 6.05. The number of amides is 1. The fourth-order valence-electron chi connectivity index (χ4n) is 2.94. The minimum Gasteiger partial charge on any atom is -0.380 e. The van der Waals surface area contributed by atoms with Gasteiger partial charge in [-0.25, -0.2) is 9.97 Å². The zero-order chi connectivity index (χ0) is 18.5. The lowest BCUT2D eigenvalue weighted by Crippen LogP contribution is -2.12. The van der Waals surface area contributed by atoms with Gasteiger partial charge < -0.3 is 10.1 Å². The summed E-state index contributed by atoms with van der Waals surface area (Å²) in [6.45, 7) is 4.65. The van der Waals surface area contributed by atoms with E-state index < -0.39 is 0 Å². The molecule has 0 atom stereocenters. The zero-order valence-corrected chi connectivity index (χ0v) is 15.4. The lowest BCUT2D eigenvalue weighted by Gasteiger charge is -2.09. The molecule has 0 aliphatic carbocycles. The smallest absolute Gasteiger partial charge is 0.255 e. The van der Waals surface area contributed by atoms with Crippen molar-refractivity contribution in [1.29, 1.82) is 0 Å². The number of nitrogens with one attached hydrogen (secondary N) is 1. The van der Waals surface area contributed by atoms with E-state index in [9.17, 15) is 4.79 Å². The highest BCUT2D eigenvalue weighted by atomic mass is 16.5. The van der Waals surface area contributed by atoms with Gasteiger partial charge in [-0.2, -0.15) is 0 Å². The van der Waals surface area contributed by atoms with Crippen molar-refractivity contribution in [1.82, 2.24) is 9.97 Å². The maximum atomic E-state index is 12.6. The summed E-state index contributed by atoms with van der Waals surface area (Å²) in [7, 11) is 1.65. The summed E-state index contributed by atoms with van der Waals surface area (Å²) < 4.78 is 5.13. The van der Waals surface area contributed by atoms with Crippen LogP contribution in [0.3, 0.4) is 0 Å². The first kappa shape index (κ1) is 18.0. The van der Waals surface area contributed by atoms with Crippen LogP contribution in [0.1, 0.15) is 41.2 Å². The highest BCUT2D eigenvalue weighted by Crippen LogP contribution is 2.18. The molecule has 5 nitrogen and oxygen atoms in total. The van der Waals surface area contributed by atoms with Crippen LogP contribution < -0.4 is 5.32 Å². The van der Waals surface area contributed by atoms with E-state index in [1.54, 1.807) is 19.2 Å². The van der Waals surface area contributed by atoms with Crippen molar-refractivity contribution in [3.05, 3.63) is 65.0 Å². The average molecular weight is 349 g/mol. The molecule has 5 heteroatoms. The molecule has 0 aliphatic rings. The third-order valence-corrected chi connectivity index (χ3v) is 4.25. The first-order valence-corrected chi connectivity index (χ1v) is 8.83. The average Bonchev–Trinajstić information content (AvgIpc) is 2.66. The number of hydrogen-bond donors (Lipinski definition) is 1. The monoisotopic (exact) mass is 349 g/mol. The number of aromatic nitrogens is 2. The van der Waals surface area contributed by atoms with Gasteiger partial charge in [-0.3, -0.25) is 4.79 Å². The summed E-state index contributed by atoms with van der Waals surface area (Å²) in [6, 6.07) is 13.1. The Kier molecular flexibility index (Phi) is 5.58. The molecule has 3 rings (SSSR count). The molecule has 1 heterocycles. The molecular formula is C21H23N3O2. The number of methoxy groups -OCH3 is 1. The van der Waals surface area contributed by atoms with Crippen molar-refractivity contribution < 1.29 is 9.53 Å². The number of ether oxygens (including phenoxy) is 1. The summed E-state index contributed by atoms with van der Waals surface area (Å²) in [5.41, 5.74) is 5.89. The third-order valence-electron chi connectivity index (χ3n) is 4.25. The maximum Gasteiger partial charge on any atom is 0.255 e. The number of aryl methyl sites for hydroxylation is 2. The van der Waals surface area contributed by atoms with Gasteiger partial charge in [0.1, 0.15) is 0 Å². The van der Waals surface area contributed by atoms with Gasteiger partial charge in [-0.05, 0) is 48.7 Å². The number of hydrogen-bond acceptors (Lipinski definition) is 4. The van der Waals surface area contributed by atoms with Crippen LogP contribution in [0, 0.1) is 0 Å². The minimum absolute atomic E-state index is 0.166. The van der Waals surface area contributed by atoms with Crippen LogP contribution in [0.4, 0.5) is 5.69 Å². The molecule has 0 spiro atoms. The van der Waals surface area contributed by atoms with E-state index in [-0.39, 0.29) is 5.91 Å². The van der Waals surface area contributed by atoms with Gasteiger partial charge >= 0.3 is 0 Å². The van der Waals surface area contributed by atoms with Gasteiger partial charge in [-0.1, -0.05) is 26.0 Å². The van der Waals surface area contributed by atoms with E-state index in [0.29, 0.717) is 12.2 Å². The second kappa shape index (κ2) is 8.06. The summed E-state index contributed by atoms with van der Waals surface area (Å²) in [5, 5.41) is 2.93. The minimum atomic E-state index is -0.166. The Morgan fingerprint density at radius 3 is 2.42 bits per heavy atom. The molecule has 134 valence electrons. The van der Waals surface area contributed by atoms with E-state index in [1.807, 2.05) is 30.3 Å². The third kappa shape index (κ3) is 3.89. The van der Waals surface area contributed by atoms with Crippen LogP contribution in [0.2, 0.25) is 0 Å². The number of nitrogens with zero attached hydrogens (tertiary/aromatic N) is 2. The molecule has 0 fully saturated rings. The van der Waals surface area contributed by atoms with E-state index in [2.05, 4.69) is 24.1 Å². The van der Waals surface area contributed by atoms with Crippen molar-refractivity contribution in [3.8, 4) is 0 Å². The van der Waals surface area contributed by atoms with E-state index in [0.717, 1.165) is 46.5 Å². The first-order chi connectivity index (χ1) is 12.6. The van der Waals surface area contributed by atoms with Crippen LogP contribution in [0.25, 0.3) is 11.0 Å². The van der Waals surface area contributed by atoms with Crippen LogP contribution in [0.15, 0.2) is 42.5 Å². The standard InChI is InChI=1S/C21H23N3O2/c1-4-17-18(5-2)24-20-12-15(9-10-19(20)23-17)21(25)22-16-8-6-7-14(11-16)13-26-3/h6-12H,4-5,13H2,1-3H3,(H,22,25). The van der Waals surface area contributed by atoms with Crippen molar-refractivity contribution in [2.45, 2.75) is 33.3 Å². The van der Waals surface area contributed by atoms with Crippen molar-refractivity contribution in [2.75, 3.05) is 12.4 Å². The first-order valence-electron chi connectivity index (χ1n) is 8.83. The van der Waals surface area contributed by atoms with Gasteiger partial charge in [0.15, 0.2) is 0 Å². The van der Waals surface area contributed by atoms with Gasteiger partial charge in [0.2, 0.25) is 0 Å². The number of rotatable bonds is 6. The Bertz CT molecular complexity index is 938. The lowest BCUT2D eigenvalue weighted by atomic mass is 10.1. The predicted molar refractivity (Wildman–Crippen MR) is 103 cm³/mol. The van der Waals surface area contributed by atoms with Crippen molar-refractivity contribution in [3.63, 3.8) is 0 Å². The molecule has 1 N–H and O–H groups in total. The normalized spacial score (nSPS) is 10.9.